The summed E-state index contributed by atoms with van der Waals surface area (Å²) < 4.78 is 5.64. The third-order valence-corrected chi connectivity index (χ3v) is 3.30. The summed E-state index contributed by atoms with van der Waals surface area (Å²) in [6.07, 6.45) is 4.22. The Hall–Kier alpha value is -1.85. The van der Waals surface area contributed by atoms with Crippen LogP contribution in [0.2, 0.25) is 5.02 Å². The number of benzene rings is 1. The van der Waals surface area contributed by atoms with Crippen molar-refractivity contribution in [2.24, 2.45) is 0 Å². The SMILES string of the molecule is O=C(O)/C=C/c1cccc(Cl)c1OCc1cncs1. The summed E-state index contributed by atoms with van der Waals surface area (Å²) in [5.41, 5.74) is 2.34. The molecular formula is C13H10ClNO3S. The zero-order chi connectivity index (χ0) is 13.7. The van der Waals surface area contributed by atoms with Crippen LogP contribution >= 0.6 is 22.9 Å². The zero-order valence-corrected chi connectivity index (χ0v) is 11.3. The maximum Gasteiger partial charge on any atom is 0.328 e. The molecule has 0 amide bonds. The van der Waals surface area contributed by atoms with Gasteiger partial charge in [0, 0.05) is 17.8 Å². The molecule has 0 unspecified atom stereocenters. The van der Waals surface area contributed by atoms with Gasteiger partial charge in [-0.3, -0.25) is 4.98 Å². The lowest BCUT2D eigenvalue weighted by Gasteiger charge is -2.09. The molecule has 0 saturated heterocycles. The van der Waals surface area contributed by atoms with E-state index in [1.807, 2.05) is 0 Å². The highest BCUT2D eigenvalue weighted by atomic mass is 35.5. The number of halogens is 1. The van der Waals surface area contributed by atoms with Crippen LogP contribution in [0.1, 0.15) is 10.4 Å². The number of carboxylic acid groups (broad SMARTS) is 1. The Bertz CT molecular complexity index is 596. The minimum atomic E-state index is -1.02. The molecule has 0 spiro atoms. The number of carbonyl (C=O) groups is 1. The van der Waals surface area contributed by atoms with Gasteiger partial charge in [-0.25, -0.2) is 4.79 Å². The van der Waals surface area contributed by atoms with Crippen LogP contribution < -0.4 is 4.74 Å². The number of aliphatic carboxylic acids is 1. The van der Waals surface area contributed by atoms with Gasteiger partial charge in [0.25, 0.3) is 0 Å². The first-order valence-corrected chi connectivity index (χ1v) is 6.62. The monoisotopic (exact) mass is 295 g/mol. The molecule has 0 aliphatic rings. The second kappa shape index (κ2) is 6.36. The number of thiazole rings is 1. The average molecular weight is 296 g/mol. The molecule has 0 radical (unpaired) electrons. The van der Waals surface area contributed by atoms with Crippen molar-refractivity contribution >= 4 is 35.0 Å². The fourth-order valence-corrected chi connectivity index (χ4v) is 2.17. The Morgan fingerprint density at radius 1 is 1.53 bits per heavy atom. The van der Waals surface area contributed by atoms with Crippen molar-refractivity contribution < 1.29 is 14.6 Å². The standard InChI is InChI=1S/C13H10ClNO3S/c14-11-3-1-2-9(4-5-12(16)17)13(11)18-7-10-6-15-8-19-10/h1-6,8H,7H2,(H,16,17)/b5-4+. The summed E-state index contributed by atoms with van der Waals surface area (Å²) in [7, 11) is 0. The van der Waals surface area contributed by atoms with E-state index in [0.29, 0.717) is 22.9 Å². The van der Waals surface area contributed by atoms with Gasteiger partial charge >= 0.3 is 5.97 Å². The Balaban J connectivity index is 2.20. The van der Waals surface area contributed by atoms with Gasteiger partial charge in [0.05, 0.1) is 15.4 Å². The number of rotatable bonds is 5. The lowest BCUT2D eigenvalue weighted by Crippen LogP contribution is -1.96. The number of hydrogen-bond donors (Lipinski definition) is 1. The Morgan fingerprint density at radius 2 is 2.37 bits per heavy atom. The van der Waals surface area contributed by atoms with Gasteiger partial charge in [-0.05, 0) is 12.1 Å². The fraction of sp³-hybridized carbons (Fsp3) is 0.0769. The normalized spacial score (nSPS) is 10.8. The van der Waals surface area contributed by atoms with Crippen molar-refractivity contribution in [2.45, 2.75) is 6.61 Å². The van der Waals surface area contributed by atoms with E-state index in [1.165, 1.54) is 17.4 Å². The third-order valence-electron chi connectivity index (χ3n) is 2.25. The molecule has 0 fully saturated rings. The second-order valence-electron chi connectivity index (χ2n) is 3.59. The van der Waals surface area contributed by atoms with Crippen molar-refractivity contribution in [3.05, 3.63) is 51.4 Å². The second-order valence-corrected chi connectivity index (χ2v) is 4.96. The number of para-hydroxylation sites is 1. The molecule has 4 nitrogen and oxygen atoms in total. The average Bonchev–Trinajstić information content (AvgIpc) is 2.88. The molecule has 0 aliphatic carbocycles. The predicted octanol–water partition coefficient (Wildman–Crippen LogP) is 3.47. The Kier molecular flexibility index (Phi) is 4.54. The van der Waals surface area contributed by atoms with Gasteiger partial charge in [0.1, 0.15) is 12.4 Å². The molecule has 98 valence electrons. The van der Waals surface area contributed by atoms with Crippen molar-refractivity contribution in [1.29, 1.82) is 0 Å². The number of ether oxygens (including phenoxy) is 1. The van der Waals surface area contributed by atoms with Gasteiger partial charge in [0.2, 0.25) is 0 Å². The van der Waals surface area contributed by atoms with Gasteiger partial charge < -0.3 is 9.84 Å². The first-order valence-electron chi connectivity index (χ1n) is 5.36. The third kappa shape index (κ3) is 3.81. The number of carboxylic acids is 1. The molecule has 1 aromatic heterocycles. The predicted molar refractivity (Wildman–Crippen MR) is 74.6 cm³/mol. The van der Waals surface area contributed by atoms with E-state index in [9.17, 15) is 4.79 Å². The number of hydrogen-bond acceptors (Lipinski definition) is 4. The van der Waals surface area contributed by atoms with Gasteiger partial charge in [-0.1, -0.05) is 23.7 Å². The van der Waals surface area contributed by atoms with E-state index >= 15 is 0 Å². The van der Waals surface area contributed by atoms with Crippen molar-refractivity contribution in [2.75, 3.05) is 0 Å². The van der Waals surface area contributed by atoms with Crippen LogP contribution in [0.5, 0.6) is 5.75 Å². The van der Waals surface area contributed by atoms with E-state index in [-0.39, 0.29) is 0 Å². The molecule has 2 rings (SSSR count). The van der Waals surface area contributed by atoms with E-state index in [4.69, 9.17) is 21.4 Å². The maximum absolute atomic E-state index is 10.5. The van der Waals surface area contributed by atoms with Crippen LogP contribution in [0.3, 0.4) is 0 Å². The molecule has 6 heteroatoms. The summed E-state index contributed by atoms with van der Waals surface area (Å²) in [5, 5.41) is 9.09. The van der Waals surface area contributed by atoms with Crippen LogP contribution in [-0.4, -0.2) is 16.1 Å². The van der Waals surface area contributed by atoms with E-state index < -0.39 is 5.97 Å². The summed E-state index contributed by atoms with van der Waals surface area (Å²) in [6, 6.07) is 5.18. The summed E-state index contributed by atoms with van der Waals surface area (Å²) in [5.74, 6) is -0.552. The first kappa shape index (κ1) is 13.6. The zero-order valence-electron chi connectivity index (χ0n) is 9.75. The van der Waals surface area contributed by atoms with Crippen LogP contribution in [0.25, 0.3) is 6.08 Å². The van der Waals surface area contributed by atoms with Crippen LogP contribution in [0.15, 0.2) is 36.0 Å². The molecule has 2 aromatic rings. The largest absolute Gasteiger partial charge is 0.486 e. The molecule has 1 N–H and O–H groups in total. The van der Waals surface area contributed by atoms with Crippen molar-refractivity contribution in [3.63, 3.8) is 0 Å². The number of aromatic nitrogens is 1. The molecular weight excluding hydrogens is 286 g/mol. The van der Waals surface area contributed by atoms with Crippen molar-refractivity contribution in [1.82, 2.24) is 4.98 Å². The Morgan fingerprint density at radius 3 is 3.05 bits per heavy atom. The molecule has 0 atom stereocenters. The molecule has 19 heavy (non-hydrogen) atoms. The fourth-order valence-electron chi connectivity index (χ4n) is 1.43. The van der Waals surface area contributed by atoms with Gasteiger partial charge in [-0.2, -0.15) is 0 Å². The lowest BCUT2D eigenvalue weighted by molar-refractivity contribution is -0.131. The quantitative estimate of drug-likeness (QED) is 0.858. The Labute approximate surface area is 118 Å². The van der Waals surface area contributed by atoms with Crippen LogP contribution in [0, 0.1) is 0 Å². The van der Waals surface area contributed by atoms with E-state index in [2.05, 4.69) is 4.98 Å². The smallest absolute Gasteiger partial charge is 0.328 e. The van der Waals surface area contributed by atoms with Gasteiger partial charge in [0.15, 0.2) is 0 Å². The molecule has 0 aliphatic heterocycles. The summed E-state index contributed by atoms with van der Waals surface area (Å²) in [4.78, 5) is 15.5. The molecule has 1 aromatic carbocycles. The molecule has 0 bridgehead atoms. The minimum Gasteiger partial charge on any atom is -0.486 e. The van der Waals surface area contributed by atoms with E-state index in [0.717, 1.165) is 11.0 Å². The summed E-state index contributed by atoms with van der Waals surface area (Å²) >= 11 is 7.55. The van der Waals surface area contributed by atoms with Gasteiger partial charge in [-0.15, -0.1) is 11.3 Å². The lowest BCUT2D eigenvalue weighted by atomic mass is 10.2. The van der Waals surface area contributed by atoms with Crippen molar-refractivity contribution in [3.8, 4) is 5.75 Å². The highest BCUT2D eigenvalue weighted by Gasteiger charge is 2.07. The first-order chi connectivity index (χ1) is 9.16. The highest BCUT2D eigenvalue weighted by molar-refractivity contribution is 7.09. The maximum atomic E-state index is 10.5. The van der Waals surface area contributed by atoms with Crippen LogP contribution in [0.4, 0.5) is 0 Å². The number of nitrogens with zero attached hydrogens (tertiary/aromatic N) is 1. The molecule has 0 saturated carbocycles. The van der Waals surface area contributed by atoms with Crippen LogP contribution in [-0.2, 0) is 11.4 Å². The minimum absolute atomic E-state index is 0.350. The van der Waals surface area contributed by atoms with E-state index in [1.54, 1.807) is 29.9 Å². The molecule has 1 heterocycles. The highest BCUT2D eigenvalue weighted by Crippen LogP contribution is 2.30. The summed E-state index contributed by atoms with van der Waals surface area (Å²) in [6.45, 7) is 0.350. The topological polar surface area (TPSA) is 59.4 Å².